The first-order chi connectivity index (χ1) is 20.1. The van der Waals surface area contributed by atoms with Crippen LogP contribution >= 0.6 is 0 Å². The second kappa shape index (κ2) is 9.88. The van der Waals surface area contributed by atoms with E-state index >= 15 is 0 Å². The fourth-order valence-electron chi connectivity index (χ4n) is 9.42. The molecule has 5 atom stereocenters. The predicted molar refractivity (Wildman–Crippen MR) is 161 cm³/mol. The van der Waals surface area contributed by atoms with Crippen molar-refractivity contribution in [3.05, 3.63) is 95.1 Å². The van der Waals surface area contributed by atoms with E-state index in [0.717, 1.165) is 62.5 Å². The quantitative estimate of drug-likeness (QED) is 0.201. The molecule has 1 saturated heterocycles. The van der Waals surface area contributed by atoms with E-state index in [1.54, 1.807) is 0 Å². The Morgan fingerprint density at radius 2 is 1.68 bits per heavy atom. The molecule has 0 N–H and O–H groups in total. The average Bonchev–Trinajstić information content (AvgIpc) is 3.74. The van der Waals surface area contributed by atoms with Gasteiger partial charge in [0.25, 0.3) is 0 Å². The highest BCUT2D eigenvalue weighted by atomic mass is 16.5. The molecule has 41 heavy (non-hydrogen) atoms. The number of aryl methyl sites for hydroxylation is 1. The highest BCUT2D eigenvalue weighted by Crippen LogP contribution is 2.67. The van der Waals surface area contributed by atoms with Crippen LogP contribution in [0.5, 0.6) is 11.5 Å². The zero-order valence-electron chi connectivity index (χ0n) is 24.5. The number of likely N-dealkylation sites (tertiary alicyclic amines) is 1. The summed E-state index contributed by atoms with van der Waals surface area (Å²) >= 11 is 0. The van der Waals surface area contributed by atoms with Crippen LogP contribution in [0.1, 0.15) is 67.2 Å². The second-order valence-corrected chi connectivity index (χ2v) is 13.8. The molecule has 0 radical (unpaired) electrons. The number of ether oxygens (including phenoxy) is 3. The molecule has 0 aromatic heterocycles. The molecule has 3 aliphatic carbocycles. The van der Waals surface area contributed by atoms with Crippen LogP contribution in [0.4, 0.5) is 0 Å². The van der Waals surface area contributed by atoms with Crippen LogP contribution in [0, 0.1) is 5.92 Å². The molecular weight excluding hydrogens is 506 g/mol. The average molecular weight is 551 g/mol. The van der Waals surface area contributed by atoms with Crippen molar-refractivity contribution in [3.63, 3.8) is 0 Å². The summed E-state index contributed by atoms with van der Waals surface area (Å²) < 4.78 is 22.2. The molecule has 3 aromatic rings. The van der Waals surface area contributed by atoms with Gasteiger partial charge in [0.05, 0.1) is 25.6 Å². The summed E-state index contributed by atoms with van der Waals surface area (Å²) in [6.45, 7) is 3.91. The molecule has 8 rings (SSSR count). The number of nitrogens with zero attached hydrogens (tertiary/aromatic N) is 1. The van der Waals surface area contributed by atoms with Gasteiger partial charge in [-0.2, -0.15) is 0 Å². The summed E-state index contributed by atoms with van der Waals surface area (Å²) in [4.78, 5) is 0. The smallest absolute Gasteiger partial charge is 0.165 e. The van der Waals surface area contributed by atoms with Gasteiger partial charge in [0.15, 0.2) is 11.5 Å². The summed E-state index contributed by atoms with van der Waals surface area (Å²) in [5, 5.41) is 0. The molecule has 2 aliphatic heterocycles. The first-order valence-electron chi connectivity index (χ1n) is 16.1. The van der Waals surface area contributed by atoms with E-state index in [9.17, 15) is 0 Å². The molecule has 3 aromatic carbocycles. The normalized spacial score (nSPS) is 32.7. The van der Waals surface area contributed by atoms with E-state index in [1.165, 1.54) is 59.1 Å². The summed E-state index contributed by atoms with van der Waals surface area (Å²) in [7, 11) is 2.56. The van der Waals surface area contributed by atoms with Crippen molar-refractivity contribution < 1.29 is 18.7 Å². The Bertz CT molecular complexity index is 1400. The van der Waals surface area contributed by atoms with Crippen molar-refractivity contribution in [1.82, 2.24) is 0 Å². The van der Waals surface area contributed by atoms with Crippen molar-refractivity contribution >= 4 is 0 Å². The molecular formula is C37H44NO3+. The third-order valence-electron chi connectivity index (χ3n) is 11.4. The lowest BCUT2D eigenvalue weighted by atomic mass is 9.48. The maximum atomic E-state index is 7.44. The van der Waals surface area contributed by atoms with Gasteiger partial charge in [0.2, 0.25) is 0 Å². The minimum atomic E-state index is -0.176. The number of likely N-dealkylation sites (N-methyl/N-ethyl adjacent to an activating group) is 1. The van der Waals surface area contributed by atoms with Crippen molar-refractivity contribution in [3.8, 4) is 11.5 Å². The predicted octanol–water partition coefficient (Wildman–Crippen LogP) is 7.02. The lowest BCUT2D eigenvalue weighted by Gasteiger charge is -2.66. The molecule has 214 valence electrons. The lowest BCUT2D eigenvalue weighted by molar-refractivity contribution is -0.951. The van der Waals surface area contributed by atoms with Gasteiger partial charge in [-0.3, -0.25) is 0 Å². The van der Waals surface area contributed by atoms with Gasteiger partial charge in [-0.15, -0.1) is 0 Å². The molecule has 5 aliphatic rings. The van der Waals surface area contributed by atoms with Crippen molar-refractivity contribution in [1.29, 1.82) is 0 Å². The summed E-state index contributed by atoms with van der Waals surface area (Å²) in [6, 6.07) is 26.4. The van der Waals surface area contributed by atoms with Crippen LogP contribution in [0.2, 0.25) is 0 Å². The molecule has 0 amide bonds. The van der Waals surface area contributed by atoms with E-state index in [0.29, 0.717) is 12.6 Å². The van der Waals surface area contributed by atoms with Crippen LogP contribution in [0.15, 0.2) is 72.8 Å². The molecule has 2 bridgehead atoms. The maximum absolute atomic E-state index is 7.44. The van der Waals surface area contributed by atoms with Crippen LogP contribution in [-0.4, -0.2) is 49.0 Å². The molecule has 2 unspecified atom stereocenters. The monoisotopic (exact) mass is 550 g/mol. The second-order valence-electron chi connectivity index (χ2n) is 13.8. The number of hydrogen-bond donors (Lipinski definition) is 0. The highest BCUT2D eigenvalue weighted by molar-refractivity contribution is 5.62. The van der Waals surface area contributed by atoms with Gasteiger partial charge in [-0.1, -0.05) is 66.7 Å². The number of quaternary nitrogens is 1. The molecule has 1 spiro atoms. The van der Waals surface area contributed by atoms with Crippen LogP contribution in [0.25, 0.3) is 0 Å². The van der Waals surface area contributed by atoms with Gasteiger partial charge in [0, 0.05) is 30.9 Å². The first kappa shape index (κ1) is 25.9. The van der Waals surface area contributed by atoms with Gasteiger partial charge >= 0.3 is 0 Å². The topological polar surface area (TPSA) is 27.7 Å². The summed E-state index contributed by atoms with van der Waals surface area (Å²) in [6.07, 6.45) is 10.8. The van der Waals surface area contributed by atoms with Crippen LogP contribution in [-0.2, 0) is 29.6 Å². The molecule has 2 heterocycles. The minimum Gasteiger partial charge on any atom is -0.485 e. The zero-order chi connectivity index (χ0) is 27.5. The van der Waals surface area contributed by atoms with E-state index in [1.807, 2.05) is 0 Å². The number of piperidine rings is 1. The molecule has 4 nitrogen and oxygen atoms in total. The summed E-state index contributed by atoms with van der Waals surface area (Å²) in [5.41, 5.74) is 5.29. The Kier molecular flexibility index (Phi) is 6.23. The van der Waals surface area contributed by atoms with E-state index in [2.05, 4.69) is 79.8 Å². The van der Waals surface area contributed by atoms with E-state index in [4.69, 9.17) is 14.2 Å². The summed E-state index contributed by atoms with van der Waals surface area (Å²) in [5.74, 6) is 2.84. The van der Waals surface area contributed by atoms with Gasteiger partial charge in [0.1, 0.15) is 24.4 Å². The molecule has 3 fully saturated rings. The van der Waals surface area contributed by atoms with E-state index < -0.39 is 0 Å². The fraction of sp³-hybridized carbons (Fsp3) is 0.514. The van der Waals surface area contributed by atoms with Crippen molar-refractivity contribution in [2.45, 2.75) is 87.6 Å². The lowest BCUT2D eigenvalue weighted by Crippen LogP contribution is -2.80. The van der Waals surface area contributed by atoms with Crippen LogP contribution < -0.4 is 9.47 Å². The standard InChI is InChI=1S/C37H44NO3/c1-38(25-28-16-17-28)22-21-36-33-15-8-20-37(36,40-23-9-14-27-10-4-2-5-11-27)32(38)24-30-18-19-31(35(41-33)34(30)36)39-26-29-12-6-3-7-13-29/h2-7,10-13,18-19,28,32-33H,8-9,14-17,20-26H2,1H3/q+1/t32-,33?,36-,37-,38?/m1/s1. The van der Waals surface area contributed by atoms with Crippen LogP contribution in [0.3, 0.4) is 0 Å². The third kappa shape index (κ3) is 4.08. The Labute approximate surface area is 245 Å². The van der Waals surface area contributed by atoms with Crippen molar-refractivity contribution in [2.24, 2.45) is 5.92 Å². The SMILES string of the molecule is C[N+]1(CC2CC2)CC[C@]23c4c5ccc(OCc6ccccc6)c4OC2CCC[C@@]3(OCCCc2ccccc2)[C@H]1C5. The Hall–Kier alpha value is -2.82. The van der Waals surface area contributed by atoms with Crippen molar-refractivity contribution in [2.75, 3.05) is 26.7 Å². The Morgan fingerprint density at radius 1 is 0.902 bits per heavy atom. The van der Waals surface area contributed by atoms with E-state index in [-0.39, 0.29) is 17.1 Å². The number of rotatable bonds is 10. The largest absolute Gasteiger partial charge is 0.485 e. The minimum absolute atomic E-state index is 0.0704. The Balaban J connectivity index is 1.17. The van der Waals surface area contributed by atoms with Gasteiger partial charge in [-0.25, -0.2) is 0 Å². The number of benzene rings is 3. The number of hydrogen-bond acceptors (Lipinski definition) is 3. The zero-order valence-corrected chi connectivity index (χ0v) is 24.5. The fourth-order valence-corrected chi connectivity index (χ4v) is 9.42. The van der Waals surface area contributed by atoms with Gasteiger partial charge in [-0.05, 0) is 67.7 Å². The molecule has 2 saturated carbocycles. The third-order valence-corrected chi connectivity index (χ3v) is 11.4. The molecule has 4 heteroatoms. The maximum Gasteiger partial charge on any atom is 0.165 e. The van der Waals surface area contributed by atoms with Gasteiger partial charge < -0.3 is 18.7 Å². The Morgan fingerprint density at radius 3 is 2.46 bits per heavy atom. The highest BCUT2D eigenvalue weighted by Gasteiger charge is 2.76. The first-order valence-corrected chi connectivity index (χ1v) is 16.1.